The van der Waals surface area contributed by atoms with Gasteiger partial charge < -0.3 is 0 Å². The minimum atomic E-state index is 0.454. The van der Waals surface area contributed by atoms with Gasteiger partial charge in [-0.2, -0.15) is 25.3 Å². The molecule has 0 aromatic rings. The van der Waals surface area contributed by atoms with Crippen molar-refractivity contribution in [3.63, 3.8) is 0 Å². The molecule has 0 nitrogen and oxygen atoms in total. The fraction of sp³-hybridized carbons (Fsp3) is 0.833. The third kappa shape index (κ3) is 2.88. The van der Waals surface area contributed by atoms with Crippen LogP contribution in [-0.2, 0) is 0 Å². The van der Waals surface area contributed by atoms with Gasteiger partial charge in [-0.25, -0.2) is 0 Å². The second-order valence-corrected chi connectivity index (χ2v) is 2.83. The van der Waals surface area contributed by atoms with Gasteiger partial charge in [0, 0.05) is 0 Å². The molecule has 0 aromatic heterocycles. The molecular formula is C6H13S2. The van der Waals surface area contributed by atoms with E-state index in [9.17, 15) is 0 Å². The molecule has 0 saturated carbocycles. The predicted molar refractivity (Wildman–Crippen MR) is 45.7 cm³/mol. The number of rotatable bonds is 3. The highest BCUT2D eigenvalue weighted by atomic mass is 32.1. The van der Waals surface area contributed by atoms with Gasteiger partial charge in [-0.15, -0.1) is 0 Å². The van der Waals surface area contributed by atoms with Gasteiger partial charge in [0.05, 0.1) is 0 Å². The SMILES string of the molecule is [CH2]C(CS)C(C)CS. The van der Waals surface area contributed by atoms with Crippen molar-refractivity contribution in [3.8, 4) is 0 Å². The lowest BCUT2D eigenvalue weighted by Crippen LogP contribution is -2.10. The minimum absolute atomic E-state index is 0.454. The topological polar surface area (TPSA) is 0 Å². The van der Waals surface area contributed by atoms with Crippen LogP contribution in [0, 0.1) is 18.8 Å². The zero-order chi connectivity index (χ0) is 6.57. The monoisotopic (exact) mass is 149 g/mol. The van der Waals surface area contributed by atoms with Crippen molar-refractivity contribution in [3.05, 3.63) is 6.92 Å². The van der Waals surface area contributed by atoms with Crippen LogP contribution in [0.4, 0.5) is 0 Å². The Morgan fingerprint density at radius 2 is 1.88 bits per heavy atom. The van der Waals surface area contributed by atoms with Crippen molar-refractivity contribution >= 4 is 25.3 Å². The highest BCUT2D eigenvalue weighted by molar-refractivity contribution is 7.80. The fourth-order valence-corrected chi connectivity index (χ4v) is 0.987. The summed E-state index contributed by atoms with van der Waals surface area (Å²) in [6.45, 7) is 6.04. The zero-order valence-corrected chi connectivity index (χ0v) is 6.96. The number of thiol groups is 2. The van der Waals surface area contributed by atoms with Crippen LogP contribution in [0.15, 0.2) is 0 Å². The highest BCUT2D eigenvalue weighted by Crippen LogP contribution is 2.12. The maximum Gasteiger partial charge on any atom is -0.00667 e. The maximum absolute atomic E-state index is 4.13. The third-order valence-corrected chi connectivity index (χ3v) is 2.37. The van der Waals surface area contributed by atoms with Gasteiger partial charge in [-0.1, -0.05) is 6.92 Å². The maximum atomic E-state index is 4.13. The molecule has 0 N–H and O–H groups in total. The third-order valence-electron chi connectivity index (χ3n) is 1.33. The summed E-state index contributed by atoms with van der Waals surface area (Å²) in [5.41, 5.74) is 0. The van der Waals surface area contributed by atoms with Crippen molar-refractivity contribution in [2.45, 2.75) is 6.92 Å². The Bertz CT molecular complexity index is 46.5. The van der Waals surface area contributed by atoms with Gasteiger partial charge in [0.15, 0.2) is 0 Å². The summed E-state index contributed by atoms with van der Waals surface area (Å²) in [7, 11) is 0. The summed E-state index contributed by atoms with van der Waals surface area (Å²) < 4.78 is 0. The van der Waals surface area contributed by atoms with Gasteiger partial charge in [0.2, 0.25) is 0 Å². The Kier molecular flexibility index (Phi) is 4.97. The molecule has 0 spiro atoms. The van der Waals surface area contributed by atoms with E-state index in [-0.39, 0.29) is 0 Å². The van der Waals surface area contributed by atoms with Gasteiger partial charge >= 0.3 is 0 Å². The molecule has 2 heteroatoms. The van der Waals surface area contributed by atoms with Crippen LogP contribution in [0.5, 0.6) is 0 Å². The molecule has 0 fully saturated rings. The van der Waals surface area contributed by atoms with E-state index >= 15 is 0 Å². The van der Waals surface area contributed by atoms with E-state index in [0.29, 0.717) is 11.8 Å². The van der Waals surface area contributed by atoms with Crippen LogP contribution < -0.4 is 0 Å². The van der Waals surface area contributed by atoms with Gasteiger partial charge in [-0.05, 0) is 30.3 Å². The van der Waals surface area contributed by atoms with Crippen molar-refractivity contribution in [1.82, 2.24) is 0 Å². The first-order valence-electron chi connectivity index (χ1n) is 2.77. The van der Waals surface area contributed by atoms with Crippen LogP contribution in [0.2, 0.25) is 0 Å². The van der Waals surface area contributed by atoms with E-state index in [1.54, 1.807) is 0 Å². The van der Waals surface area contributed by atoms with E-state index < -0.39 is 0 Å². The van der Waals surface area contributed by atoms with Crippen molar-refractivity contribution < 1.29 is 0 Å². The molecule has 2 atom stereocenters. The van der Waals surface area contributed by atoms with Crippen LogP contribution in [0.1, 0.15) is 6.92 Å². The average Bonchev–Trinajstić information content (AvgIpc) is 1.84. The summed E-state index contributed by atoms with van der Waals surface area (Å²) in [4.78, 5) is 0. The number of hydrogen-bond acceptors (Lipinski definition) is 2. The summed E-state index contributed by atoms with van der Waals surface area (Å²) in [6, 6.07) is 0. The second-order valence-electron chi connectivity index (χ2n) is 2.10. The standard InChI is InChI=1S/C6H13S2/c1-5(3-7)6(2)4-8/h5-8H,1,3-4H2,2H3. The second kappa shape index (κ2) is 4.57. The van der Waals surface area contributed by atoms with Crippen LogP contribution in [-0.4, -0.2) is 11.5 Å². The van der Waals surface area contributed by atoms with Crippen LogP contribution >= 0.6 is 25.3 Å². The summed E-state index contributed by atoms with van der Waals surface area (Å²) >= 11 is 8.25. The molecule has 8 heavy (non-hydrogen) atoms. The molecule has 0 aliphatic heterocycles. The van der Waals surface area contributed by atoms with Gasteiger partial charge in [-0.3, -0.25) is 0 Å². The molecule has 49 valence electrons. The van der Waals surface area contributed by atoms with Crippen LogP contribution in [0.25, 0.3) is 0 Å². The lowest BCUT2D eigenvalue weighted by Gasteiger charge is -2.13. The molecular weight excluding hydrogens is 136 g/mol. The molecule has 0 aromatic carbocycles. The lowest BCUT2D eigenvalue weighted by molar-refractivity contribution is 0.519. The molecule has 0 amide bonds. The van der Waals surface area contributed by atoms with E-state index in [1.165, 1.54) is 0 Å². The molecule has 0 aliphatic rings. The van der Waals surface area contributed by atoms with E-state index in [2.05, 4.69) is 39.1 Å². The number of hydrogen-bond donors (Lipinski definition) is 2. The average molecular weight is 149 g/mol. The van der Waals surface area contributed by atoms with E-state index in [4.69, 9.17) is 0 Å². The lowest BCUT2D eigenvalue weighted by atomic mass is 10.0. The molecule has 0 saturated heterocycles. The summed E-state index contributed by atoms with van der Waals surface area (Å²) in [6.07, 6.45) is 0. The van der Waals surface area contributed by atoms with Crippen molar-refractivity contribution in [2.75, 3.05) is 11.5 Å². The first-order valence-corrected chi connectivity index (χ1v) is 4.03. The van der Waals surface area contributed by atoms with Crippen LogP contribution in [0.3, 0.4) is 0 Å². The fourth-order valence-electron chi connectivity index (χ4n) is 0.329. The highest BCUT2D eigenvalue weighted by Gasteiger charge is 2.06. The Morgan fingerprint density at radius 3 is 2.00 bits per heavy atom. The smallest absolute Gasteiger partial charge is 0.00667 e. The molecule has 0 heterocycles. The Balaban J connectivity index is 3.29. The quantitative estimate of drug-likeness (QED) is 0.563. The normalized spacial score (nSPS) is 18.0. The predicted octanol–water partition coefficient (Wildman–Crippen LogP) is 1.93. The minimum Gasteiger partial charge on any atom is -0.179 e. The molecule has 1 radical (unpaired) electrons. The first kappa shape index (κ1) is 8.70. The van der Waals surface area contributed by atoms with Gasteiger partial charge in [0.1, 0.15) is 0 Å². The van der Waals surface area contributed by atoms with Gasteiger partial charge in [0.25, 0.3) is 0 Å². The molecule has 0 bridgehead atoms. The van der Waals surface area contributed by atoms with E-state index in [0.717, 1.165) is 11.5 Å². The van der Waals surface area contributed by atoms with E-state index in [1.807, 2.05) is 0 Å². The summed E-state index contributed by atoms with van der Waals surface area (Å²) in [5, 5.41) is 0. The Labute approximate surface area is 62.9 Å². The summed E-state index contributed by atoms with van der Waals surface area (Å²) in [5.74, 6) is 2.82. The Morgan fingerprint density at radius 1 is 1.38 bits per heavy atom. The molecule has 0 aliphatic carbocycles. The first-order chi connectivity index (χ1) is 3.72. The molecule has 2 unspecified atom stereocenters. The van der Waals surface area contributed by atoms with Crippen molar-refractivity contribution in [2.24, 2.45) is 11.8 Å². The van der Waals surface area contributed by atoms with Crippen molar-refractivity contribution in [1.29, 1.82) is 0 Å². The largest absolute Gasteiger partial charge is 0.179 e. The Hall–Kier alpha value is 0.700. The zero-order valence-electron chi connectivity index (χ0n) is 5.17. The molecule has 0 rings (SSSR count).